The van der Waals surface area contributed by atoms with Gasteiger partial charge >= 0.3 is 6.09 Å². The molecule has 232 valence electrons. The minimum absolute atomic E-state index is 0.0959. The van der Waals surface area contributed by atoms with Crippen molar-refractivity contribution in [1.29, 1.82) is 0 Å². The van der Waals surface area contributed by atoms with E-state index >= 15 is 0 Å². The smallest absolute Gasteiger partial charge is 0.416 e. The van der Waals surface area contributed by atoms with Crippen LogP contribution in [0.4, 0.5) is 25.1 Å². The molecular formula is C30H38F2N6O5. The Kier molecular flexibility index (Phi) is 8.81. The number of nitrogens with zero attached hydrogens (tertiary/aromatic N) is 5. The van der Waals surface area contributed by atoms with Crippen LogP contribution in [0.2, 0.25) is 0 Å². The third kappa shape index (κ3) is 7.56. The zero-order chi connectivity index (χ0) is 30.9. The minimum atomic E-state index is -2.89. The standard InChI is InChI=1S/C30H38F2N6O5/c1-17(39)19-7-9-21(10-8-19)38-15-22(25(36-38)26(31)32)34-27(40)23-16-42-28(35-23)20-11-12-33-24(13-20)37(14-18-5-6-18)29(41)43-30(2,3)4/h11-13,15-19,21,26,39H,5-10,14H2,1-4H3,(H,34,40). The van der Waals surface area contributed by atoms with Gasteiger partial charge in [-0.25, -0.2) is 23.5 Å². The first-order valence-electron chi connectivity index (χ1n) is 14.7. The van der Waals surface area contributed by atoms with Crippen LogP contribution in [-0.2, 0) is 4.74 Å². The van der Waals surface area contributed by atoms with Crippen molar-refractivity contribution in [3.8, 4) is 11.5 Å². The van der Waals surface area contributed by atoms with Crippen LogP contribution < -0.4 is 10.2 Å². The van der Waals surface area contributed by atoms with Gasteiger partial charge in [-0.3, -0.25) is 14.4 Å². The number of carbonyl (C=O) groups excluding carboxylic acids is 2. The van der Waals surface area contributed by atoms with Gasteiger partial charge in [0.25, 0.3) is 12.3 Å². The highest BCUT2D eigenvalue weighted by molar-refractivity contribution is 6.03. The monoisotopic (exact) mass is 600 g/mol. The van der Waals surface area contributed by atoms with Crippen molar-refractivity contribution < 1.29 is 32.6 Å². The van der Waals surface area contributed by atoms with E-state index in [0.29, 0.717) is 36.7 Å². The fourth-order valence-corrected chi connectivity index (χ4v) is 5.23. The van der Waals surface area contributed by atoms with Crippen LogP contribution in [-0.4, -0.2) is 55.1 Å². The average molecular weight is 601 g/mol. The maximum absolute atomic E-state index is 13.9. The number of aliphatic hydroxyl groups is 1. The van der Waals surface area contributed by atoms with Crippen LogP contribution in [0.15, 0.2) is 35.2 Å². The van der Waals surface area contributed by atoms with Crippen LogP contribution in [0.25, 0.3) is 11.5 Å². The van der Waals surface area contributed by atoms with E-state index in [1.54, 1.807) is 39.8 Å². The Hall–Kier alpha value is -3.87. The molecule has 0 saturated heterocycles. The summed E-state index contributed by atoms with van der Waals surface area (Å²) in [4.78, 5) is 36.1. The number of hydrogen-bond donors (Lipinski definition) is 2. The maximum Gasteiger partial charge on any atom is 0.416 e. The Morgan fingerprint density at radius 3 is 2.56 bits per heavy atom. The molecule has 2 N–H and O–H groups in total. The number of halogens is 2. The Morgan fingerprint density at radius 1 is 1.21 bits per heavy atom. The molecule has 1 unspecified atom stereocenters. The number of hydrogen-bond acceptors (Lipinski definition) is 8. The number of carbonyl (C=O) groups is 2. The molecule has 2 saturated carbocycles. The molecule has 0 bridgehead atoms. The summed E-state index contributed by atoms with van der Waals surface area (Å²) in [6.45, 7) is 7.61. The lowest BCUT2D eigenvalue weighted by molar-refractivity contribution is 0.0577. The highest BCUT2D eigenvalue weighted by Gasteiger charge is 2.32. The molecule has 2 aliphatic carbocycles. The molecule has 0 aromatic carbocycles. The summed E-state index contributed by atoms with van der Waals surface area (Å²) in [7, 11) is 0. The molecule has 13 heteroatoms. The molecule has 2 aliphatic rings. The second-order valence-electron chi connectivity index (χ2n) is 12.4. The fourth-order valence-electron chi connectivity index (χ4n) is 5.23. The molecule has 43 heavy (non-hydrogen) atoms. The lowest BCUT2D eigenvalue weighted by atomic mass is 9.83. The van der Waals surface area contributed by atoms with E-state index in [4.69, 9.17) is 9.15 Å². The summed E-state index contributed by atoms with van der Waals surface area (Å²) < 4.78 is 40.3. The van der Waals surface area contributed by atoms with Gasteiger partial charge in [0.2, 0.25) is 5.89 Å². The normalized spacial score (nSPS) is 19.7. The molecule has 5 rings (SSSR count). The molecule has 1 atom stereocenters. The summed E-state index contributed by atoms with van der Waals surface area (Å²) in [5.74, 6) is 0.282. The predicted molar refractivity (Wildman–Crippen MR) is 154 cm³/mol. The van der Waals surface area contributed by atoms with E-state index in [-0.39, 0.29) is 29.2 Å². The molecule has 0 radical (unpaired) electrons. The molecule has 3 aromatic rings. The first-order valence-corrected chi connectivity index (χ1v) is 14.7. The maximum atomic E-state index is 13.9. The van der Waals surface area contributed by atoms with Gasteiger partial charge in [-0.1, -0.05) is 0 Å². The zero-order valence-corrected chi connectivity index (χ0v) is 24.8. The van der Waals surface area contributed by atoms with Crippen molar-refractivity contribution in [2.24, 2.45) is 11.8 Å². The number of aromatic nitrogens is 4. The van der Waals surface area contributed by atoms with Crippen molar-refractivity contribution in [3.05, 3.63) is 42.2 Å². The number of oxazole rings is 1. The molecule has 3 aromatic heterocycles. The van der Waals surface area contributed by atoms with Gasteiger partial charge in [-0.2, -0.15) is 5.10 Å². The predicted octanol–water partition coefficient (Wildman–Crippen LogP) is 6.39. The summed E-state index contributed by atoms with van der Waals surface area (Å²) in [5.41, 5.74) is -0.934. The average Bonchev–Trinajstić information content (AvgIpc) is 3.45. The zero-order valence-electron chi connectivity index (χ0n) is 24.8. The number of nitrogens with one attached hydrogen (secondary N) is 1. The van der Waals surface area contributed by atoms with E-state index in [2.05, 4.69) is 20.4 Å². The molecular weight excluding hydrogens is 562 g/mol. The van der Waals surface area contributed by atoms with E-state index in [1.165, 1.54) is 22.0 Å². The van der Waals surface area contributed by atoms with Gasteiger partial charge in [0.15, 0.2) is 11.4 Å². The third-order valence-electron chi connectivity index (χ3n) is 7.77. The number of pyridine rings is 1. The van der Waals surface area contributed by atoms with Gasteiger partial charge in [0.1, 0.15) is 17.7 Å². The first kappa shape index (κ1) is 30.6. The number of anilines is 2. The number of rotatable bonds is 9. The number of aliphatic hydroxyl groups excluding tert-OH is 1. The third-order valence-corrected chi connectivity index (χ3v) is 7.77. The second kappa shape index (κ2) is 12.4. The summed E-state index contributed by atoms with van der Waals surface area (Å²) >= 11 is 0. The van der Waals surface area contributed by atoms with Crippen molar-refractivity contribution in [2.45, 2.75) is 90.4 Å². The van der Waals surface area contributed by atoms with Crippen molar-refractivity contribution in [2.75, 3.05) is 16.8 Å². The summed E-state index contributed by atoms with van der Waals surface area (Å²) in [5, 5.41) is 16.5. The molecule has 2 amide bonds. The van der Waals surface area contributed by atoms with Gasteiger partial charge in [-0.05, 0) is 90.2 Å². The van der Waals surface area contributed by atoms with Crippen molar-refractivity contribution in [3.63, 3.8) is 0 Å². The Labute approximate surface area is 248 Å². The number of amides is 2. The van der Waals surface area contributed by atoms with Gasteiger partial charge in [0, 0.05) is 24.5 Å². The van der Waals surface area contributed by atoms with Crippen molar-refractivity contribution in [1.82, 2.24) is 19.7 Å². The van der Waals surface area contributed by atoms with Crippen LogP contribution in [0, 0.1) is 11.8 Å². The van der Waals surface area contributed by atoms with E-state index in [9.17, 15) is 23.5 Å². The lowest BCUT2D eigenvalue weighted by Gasteiger charge is -2.30. The Morgan fingerprint density at radius 2 is 1.93 bits per heavy atom. The van der Waals surface area contributed by atoms with E-state index in [1.807, 2.05) is 0 Å². The Bertz CT molecular complexity index is 1440. The quantitative estimate of drug-likeness (QED) is 0.289. The molecule has 0 spiro atoms. The molecule has 0 aliphatic heterocycles. The molecule has 2 fully saturated rings. The van der Waals surface area contributed by atoms with E-state index in [0.717, 1.165) is 31.9 Å². The number of alkyl halides is 2. The van der Waals surface area contributed by atoms with Gasteiger partial charge in [0.05, 0.1) is 17.8 Å². The molecule has 3 heterocycles. The second-order valence-corrected chi connectivity index (χ2v) is 12.4. The summed E-state index contributed by atoms with van der Waals surface area (Å²) in [6.07, 6.45) is 5.23. The largest absolute Gasteiger partial charge is 0.444 e. The SMILES string of the molecule is CC(O)C1CCC(n2cc(NC(=O)c3coc(-c4ccnc(N(CC5CC5)C(=O)OC(C)(C)C)c4)n3)c(C(F)F)n2)CC1. The highest BCUT2D eigenvalue weighted by Crippen LogP contribution is 2.36. The highest BCUT2D eigenvalue weighted by atomic mass is 19.3. The van der Waals surface area contributed by atoms with Crippen molar-refractivity contribution >= 4 is 23.5 Å². The minimum Gasteiger partial charge on any atom is -0.444 e. The molecule has 11 nitrogen and oxygen atoms in total. The fraction of sp³-hybridized carbons (Fsp3) is 0.567. The van der Waals surface area contributed by atoms with Crippen LogP contribution in [0.3, 0.4) is 0 Å². The van der Waals surface area contributed by atoms with Crippen LogP contribution in [0.5, 0.6) is 0 Å². The van der Waals surface area contributed by atoms with Gasteiger partial charge < -0.3 is 19.6 Å². The first-order chi connectivity index (χ1) is 20.4. The Balaban J connectivity index is 1.31. The topological polar surface area (TPSA) is 136 Å². The van der Waals surface area contributed by atoms with Gasteiger partial charge in [-0.15, -0.1) is 0 Å². The van der Waals surface area contributed by atoms with E-state index < -0.39 is 35.8 Å². The van der Waals surface area contributed by atoms with Crippen LogP contribution in [0.1, 0.15) is 94.9 Å². The van der Waals surface area contributed by atoms with Crippen LogP contribution >= 0.6 is 0 Å². The number of ether oxygens (including phenoxy) is 1. The summed E-state index contributed by atoms with van der Waals surface area (Å²) in [6, 6.07) is 3.16. The lowest BCUT2D eigenvalue weighted by Crippen LogP contribution is -2.38.